The van der Waals surface area contributed by atoms with Gasteiger partial charge in [-0.2, -0.15) is 5.10 Å². The van der Waals surface area contributed by atoms with Crippen molar-refractivity contribution in [3.63, 3.8) is 0 Å². The molecule has 1 fully saturated rings. The van der Waals surface area contributed by atoms with Crippen molar-refractivity contribution in [1.29, 1.82) is 0 Å². The molecule has 0 unspecified atom stereocenters. The lowest BCUT2D eigenvalue weighted by molar-refractivity contribution is 0.512. The normalized spacial score (nSPS) is 18.4. The average molecular weight is 349 g/mol. The summed E-state index contributed by atoms with van der Waals surface area (Å²) in [4.78, 5) is 2.47. The molecule has 2 aromatic rings. The molecule has 1 atom stereocenters. The quantitative estimate of drug-likeness (QED) is 0.901. The summed E-state index contributed by atoms with van der Waals surface area (Å²) in [6.07, 6.45) is 3.24. The zero-order valence-corrected chi connectivity index (χ0v) is 13.9. The van der Waals surface area contributed by atoms with Crippen molar-refractivity contribution in [3.05, 3.63) is 46.7 Å². The highest BCUT2D eigenvalue weighted by Gasteiger charge is 2.22. The van der Waals surface area contributed by atoms with E-state index >= 15 is 0 Å². The van der Waals surface area contributed by atoms with Crippen LogP contribution in [0.4, 0.5) is 5.69 Å². The summed E-state index contributed by atoms with van der Waals surface area (Å²) in [6.45, 7) is 4.19. The van der Waals surface area contributed by atoms with Crippen LogP contribution in [0.2, 0.25) is 0 Å². The van der Waals surface area contributed by atoms with E-state index in [1.807, 2.05) is 17.9 Å². The lowest BCUT2D eigenvalue weighted by Crippen LogP contribution is -2.26. The Morgan fingerprint density at radius 2 is 2.29 bits per heavy atom. The highest BCUT2D eigenvalue weighted by molar-refractivity contribution is 9.10. The third-order valence-electron chi connectivity index (χ3n) is 3.97. The lowest BCUT2D eigenvalue weighted by atomic mass is 10.1. The fourth-order valence-corrected chi connectivity index (χ4v) is 3.26. The number of nitrogens with zero attached hydrogens (tertiary/aromatic N) is 3. The largest absolute Gasteiger partial charge is 0.371 e. The highest BCUT2D eigenvalue weighted by Crippen LogP contribution is 2.25. The van der Waals surface area contributed by atoms with Gasteiger partial charge in [0.2, 0.25) is 0 Å². The van der Waals surface area contributed by atoms with Gasteiger partial charge in [0.25, 0.3) is 0 Å². The van der Waals surface area contributed by atoms with Crippen molar-refractivity contribution < 1.29 is 0 Å². The smallest absolute Gasteiger partial charge is 0.0762 e. The molecule has 2 heterocycles. The van der Waals surface area contributed by atoms with Gasteiger partial charge in [-0.1, -0.05) is 22.0 Å². The number of nitrogens with one attached hydrogen (secondary N) is 1. The number of benzene rings is 1. The molecule has 1 aliphatic rings. The number of aryl methyl sites for hydroxylation is 1. The van der Waals surface area contributed by atoms with Crippen LogP contribution in [-0.4, -0.2) is 29.4 Å². The first-order valence-corrected chi connectivity index (χ1v) is 8.20. The number of rotatable bonds is 5. The molecule has 1 N–H and O–H groups in total. The van der Waals surface area contributed by atoms with Crippen LogP contribution in [0.15, 0.2) is 41.0 Å². The Morgan fingerprint density at radius 3 is 3.05 bits per heavy atom. The fraction of sp³-hybridized carbons (Fsp3) is 0.438. The first-order chi connectivity index (χ1) is 10.2. The van der Waals surface area contributed by atoms with Gasteiger partial charge in [0.1, 0.15) is 0 Å². The summed E-state index contributed by atoms with van der Waals surface area (Å²) in [5.74, 6) is 0.715. The Labute approximate surface area is 134 Å². The third kappa shape index (κ3) is 3.86. The monoisotopic (exact) mass is 348 g/mol. The number of aromatic nitrogens is 2. The van der Waals surface area contributed by atoms with E-state index in [4.69, 9.17) is 0 Å². The molecule has 1 aromatic heterocycles. The predicted molar refractivity (Wildman–Crippen MR) is 89.4 cm³/mol. The van der Waals surface area contributed by atoms with E-state index in [1.165, 1.54) is 12.1 Å². The lowest BCUT2D eigenvalue weighted by Gasteiger charge is -2.19. The van der Waals surface area contributed by atoms with Crippen LogP contribution in [0.5, 0.6) is 0 Å². The van der Waals surface area contributed by atoms with Crippen LogP contribution < -0.4 is 10.2 Å². The molecule has 5 heteroatoms. The Balaban J connectivity index is 1.46. The minimum absolute atomic E-state index is 0.715. The van der Waals surface area contributed by atoms with E-state index in [-0.39, 0.29) is 0 Å². The molecule has 1 saturated heterocycles. The van der Waals surface area contributed by atoms with Gasteiger partial charge in [-0.25, -0.2) is 0 Å². The molecule has 0 bridgehead atoms. The van der Waals surface area contributed by atoms with E-state index in [1.54, 1.807) is 0 Å². The SMILES string of the molecule is Cn1ccc(CNC[C@@H]2CCN(c3cccc(Br)c3)C2)n1. The second-order valence-corrected chi connectivity index (χ2v) is 6.61. The summed E-state index contributed by atoms with van der Waals surface area (Å²) < 4.78 is 3.00. The molecule has 0 amide bonds. The zero-order chi connectivity index (χ0) is 14.7. The second kappa shape index (κ2) is 6.62. The van der Waals surface area contributed by atoms with Crippen LogP contribution in [-0.2, 0) is 13.6 Å². The standard InChI is InChI=1S/C16H21BrN4/c1-20-7-6-15(19-20)11-18-10-13-5-8-21(12-13)16-4-2-3-14(17)9-16/h2-4,6-7,9,13,18H,5,8,10-12H2,1H3/t13-/m0/s1. The van der Waals surface area contributed by atoms with Crippen LogP contribution in [0.25, 0.3) is 0 Å². The molecular formula is C16H21BrN4. The second-order valence-electron chi connectivity index (χ2n) is 5.69. The highest BCUT2D eigenvalue weighted by atomic mass is 79.9. The summed E-state index contributed by atoms with van der Waals surface area (Å²) in [6, 6.07) is 10.6. The summed E-state index contributed by atoms with van der Waals surface area (Å²) >= 11 is 3.55. The van der Waals surface area contributed by atoms with Crippen LogP contribution in [0.3, 0.4) is 0 Å². The number of anilines is 1. The van der Waals surface area contributed by atoms with Crippen LogP contribution in [0, 0.1) is 5.92 Å². The summed E-state index contributed by atoms with van der Waals surface area (Å²) in [5.41, 5.74) is 2.43. The first-order valence-electron chi connectivity index (χ1n) is 7.40. The van der Waals surface area contributed by atoms with Gasteiger partial charge >= 0.3 is 0 Å². The minimum Gasteiger partial charge on any atom is -0.371 e. The Hall–Kier alpha value is -1.33. The van der Waals surface area contributed by atoms with Crippen molar-refractivity contribution in [3.8, 4) is 0 Å². The predicted octanol–water partition coefficient (Wildman–Crippen LogP) is 2.80. The maximum absolute atomic E-state index is 4.39. The molecule has 4 nitrogen and oxygen atoms in total. The van der Waals surface area contributed by atoms with Gasteiger partial charge in [-0.3, -0.25) is 4.68 Å². The first kappa shape index (κ1) is 14.6. The molecule has 1 aromatic carbocycles. The van der Waals surface area contributed by atoms with Crippen molar-refractivity contribution in [2.45, 2.75) is 13.0 Å². The van der Waals surface area contributed by atoms with Gasteiger partial charge in [0.05, 0.1) is 5.69 Å². The van der Waals surface area contributed by atoms with Gasteiger partial charge in [0, 0.05) is 49.6 Å². The van der Waals surface area contributed by atoms with E-state index < -0.39 is 0 Å². The molecular weight excluding hydrogens is 328 g/mol. The maximum Gasteiger partial charge on any atom is 0.0762 e. The number of halogens is 1. The van der Waals surface area contributed by atoms with E-state index in [0.29, 0.717) is 5.92 Å². The Kier molecular flexibility index (Phi) is 4.60. The van der Waals surface area contributed by atoms with Gasteiger partial charge in [-0.15, -0.1) is 0 Å². The molecule has 1 aliphatic heterocycles. The molecule has 112 valence electrons. The molecule has 21 heavy (non-hydrogen) atoms. The van der Waals surface area contributed by atoms with Crippen molar-refractivity contribution >= 4 is 21.6 Å². The van der Waals surface area contributed by atoms with Gasteiger partial charge < -0.3 is 10.2 Å². The van der Waals surface area contributed by atoms with Gasteiger partial charge in [-0.05, 0) is 36.6 Å². The van der Waals surface area contributed by atoms with Gasteiger partial charge in [0.15, 0.2) is 0 Å². The minimum atomic E-state index is 0.715. The average Bonchev–Trinajstić information content (AvgIpc) is 3.08. The third-order valence-corrected chi connectivity index (χ3v) is 4.46. The Bertz CT molecular complexity index is 595. The van der Waals surface area contributed by atoms with Crippen molar-refractivity contribution in [2.75, 3.05) is 24.5 Å². The van der Waals surface area contributed by atoms with Crippen LogP contribution >= 0.6 is 15.9 Å². The number of hydrogen-bond donors (Lipinski definition) is 1. The fourth-order valence-electron chi connectivity index (χ4n) is 2.87. The molecule has 0 aliphatic carbocycles. The molecule has 0 saturated carbocycles. The van der Waals surface area contributed by atoms with Crippen molar-refractivity contribution in [2.24, 2.45) is 13.0 Å². The van der Waals surface area contributed by atoms with Crippen LogP contribution in [0.1, 0.15) is 12.1 Å². The van der Waals surface area contributed by atoms with E-state index in [2.05, 4.69) is 61.6 Å². The Morgan fingerprint density at radius 1 is 1.38 bits per heavy atom. The maximum atomic E-state index is 4.39. The topological polar surface area (TPSA) is 33.1 Å². The molecule has 0 spiro atoms. The molecule has 0 radical (unpaired) electrons. The van der Waals surface area contributed by atoms with E-state index in [9.17, 15) is 0 Å². The number of hydrogen-bond acceptors (Lipinski definition) is 3. The zero-order valence-electron chi connectivity index (χ0n) is 12.3. The van der Waals surface area contributed by atoms with E-state index in [0.717, 1.165) is 36.3 Å². The summed E-state index contributed by atoms with van der Waals surface area (Å²) in [5, 5.41) is 7.91. The van der Waals surface area contributed by atoms with Crippen molar-refractivity contribution in [1.82, 2.24) is 15.1 Å². The molecule has 3 rings (SSSR count). The summed E-state index contributed by atoms with van der Waals surface area (Å²) in [7, 11) is 1.95.